The molecule has 12 heteroatoms. The first-order valence-corrected chi connectivity index (χ1v) is 41.3. The fraction of sp³-hybridized carbons (Fsp3) is 0. The molecule has 24 aromatic rings. The summed E-state index contributed by atoms with van der Waals surface area (Å²) in [6, 6.07) is 130. The standard InChI is InChI=1S/C107H61N9OS2/c1-4-20-62(21-5-1)63-40-44-69(45-41-63)101-108-99(67-23-6-2-7-24-67)110-103(111-101)74-50-48-71-57-89-81-54-52-73(60-90(81)117-91(89)61-76(71)56-74)78-32-18-34-80-79(78)33-19-36-83(80)106-115-104(114-105(116-106)82-35-16-27-64-22-10-11-29-77(64)82)75-51-49-72-58-88(98-96(87(72)59-75)84-30-12-15-39-93(84)119-98)65-42-46-70(47-43-65)102-109-100(68-25-8-3-9-26-68)112-107(113-102)86-37-17-28-66-53-55-94-97(95(66)86)85-31-13-14-38-92(85)118-94/h1-61H. The number of aromatic nitrogens is 9. The van der Waals surface area contributed by atoms with Crippen molar-refractivity contribution in [2.24, 2.45) is 0 Å². The Morgan fingerprint density at radius 1 is 0.168 bits per heavy atom. The minimum atomic E-state index is 0.571. The average Bonchev–Trinajstić information content (AvgIpc) is 1.65. The van der Waals surface area contributed by atoms with Crippen molar-refractivity contribution in [1.29, 1.82) is 0 Å². The quantitative estimate of drug-likeness (QED) is 0.117. The second kappa shape index (κ2) is 27.6. The molecule has 0 aliphatic heterocycles. The summed E-state index contributed by atoms with van der Waals surface area (Å²) in [5.74, 6) is 5.38. The maximum atomic E-state index is 6.90. The van der Waals surface area contributed by atoms with Crippen LogP contribution in [-0.4, -0.2) is 44.9 Å². The average molecular weight is 1550 g/mol. The third-order valence-electron chi connectivity index (χ3n) is 23.2. The van der Waals surface area contributed by atoms with Crippen molar-refractivity contribution in [3.63, 3.8) is 0 Å². The zero-order valence-electron chi connectivity index (χ0n) is 63.5. The third-order valence-corrected chi connectivity index (χ3v) is 25.6. The molecular formula is C107H61N9OS2. The minimum Gasteiger partial charge on any atom is -0.456 e. The van der Waals surface area contributed by atoms with E-state index < -0.39 is 0 Å². The largest absolute Gasteiger partial charge is 0.456 e. The number of hydrogen-bond donors (Lipinski definition) is 0. The van der Waals surface area contributed by atoms with Gasteiger partial charge >= 0.3 is 0 Å². The van der Waals surface area contributed by atoms with Crippen LogP contribution in [0.15, 0.2) is 374 Å². The van der Waals surface area contributed by atoms with Crippen LogP contribution in [0.3, 0.4) is 0 Å². The van der Waals surface area contributed by atoms with Crippen LogP contribution in [0.2, 0.25) is 0 Å². The van der Waals surface area contributed by atoms with E-state index in [9.17, 15) is 0 Å². The molecule has 24 rings (SSSR count). The van der Waals surface area contributed by atoms with E-state index in [0.717, 1.165) is 159 Å². The van der Waals surface area contributed by atoms with Gasteiger partial charge in [-0.2, -0.15) is 0 Å². The van der Waals surface area contributed by atoms with Crippen LogP contribution in [0.5, 0.6) is 0 Å². The number of hydrogen-bond acceptors (Lipinski definition) is 12. The molecule has 0 unspecified atom stereocenters. The maximum Gasteiger partial charge on any atom is 0.164 e. The molecule has 0 spiro atoms. The van der Waals surface area contributed by atoms with Gasteiger partial charge in [-0.05, 0) is 137 Å². The van der Waals surface area contributed by atoms with Crippen molar-refractivity contribution in [2.75, 3.05) is 0 Å². The van der Waals surface area contributed by atoms with Gasteiger partial charge in [0, 0.05) is 112 Å². The lowest BCUT2D eigenvalue weighted by Crippen LogP contribution is -2.01. The molecule has 0 amide bonds. The Kier molecular flexibility index (Phi) is 15.8. The van der Waals surface area contributed by atoms with Gasteiger partial charge in [0.25, 0.3) is 0 Å². The van der Waals surface area contributed by atoms with Crippen LogP contribution in [-0.2, 0) is 0 Å². The van der Waals surface area contributed by atoms with Gasteiger partial charge in [-0.1, -0.05) is 309 Å². The highest BCUT2D eigenvalue weighted by atomic mass is 32.1. The Balaban J connectivity index is 0.589. The summed E-state index contributed by atoms with van der Waals surface area (Å²) in [6.45, 7) is 0. The summed E-state index contributed by atoms with van der Waals surface area (Å²) in [6.07, 6.45) is 0. The second-order valence-electron chi connectivity index (χ2n) is 30.2. The number of rotatable bonds is 12. The maximum absolute atomic E-state index is 6.90. The summed E-state index contributed by atoms with van der Waals surface area (Å²) in [5, 5.41) is 17.7. The highest BCUT2D eigenvalue weighted by Crippen LogP contribution is 2.48. The zero-order chi connectivity index (χ0) is 78.2. The van der Waals surface area contributed by atoms with Crippen LogP contribution in [0.25, 0.3) is 252 Å². The van der Waals surface area contributed by atoms with E-state index in [0.29, 0.717) is 52.4 Å². The summed E-state index contributed by atoms with van der Waals surface area (Å²) in [5.41, 5.74) is 16.3. The van der Waals surface area contributed by atoms with Crippen LogP contribution in [0, 0.1) is 0 Å². The summed E-state index contributed by atoms with van der Waals surface area (Å²) in [4.78, 5) is 47.6. The van der Waals surface area contributed by atoms with Gasteiger partial charge < -0.3 is 4.42 Å². The zero-order valence-corrected chi connectivity index (χ0v) is 65.1. The molecular weight excluding hydrogens is 1490 g/mol. The lowest BCUT2D eigenvalue weighted by atomic mass is 9.94. The first kappa shape index (κ1) is 68.0. The normalized spacial score (nSPS) is 11.9. The lowest BCUT2D eigenvalue weighted by molar-refractivity contribution is 0.669. The predicted molar refractivity (Wildman–Crippen MR) is 492 cm³/mol. The Morgan fingerprint density at radius 3 is 1.27 bits per heavy atom. The smallest absolute Gasteiger partial charge is 0.164 e. The molecule has 119 heavy (non-hydrogen) atoms. The van der Waals surface area contributed by atoms with E-state index in [1.807, 2.05) is 77.3 Å². The van der Waals surface area contributed by atoms with E-state index in [-0.39, 0.29) is 0 Å². The van der Waals surface area contributed by atoms with Crippen LogP contribution in [0.1, 0.15) is 0 Å². The first-order valence-electron chi connectivity index (χ1n) is 39.7. The highest BCUT2D eigenvalue weighted by molar-refractivity contribution is 7.26. The number of nitrogens with zero attached hydrogens (tertiary/aromatic N) is 9. The molecule has 0 atom stereocenters. The Hall–Kier alpha value is -15.5. The van der Waals surface area contributed by atoms with Crippen molar-refractivity contribution in [2.45, 2.75) is 0 Å². The van der Waals surface area contributed by atoms with E-state index in [4.69, 9.17) is 49.3 Å². The van der Waals surface area contributed by atoms with Gasteiger partial charge in [0.15, 0.2) is 52.4 Å². The highest BCUT2D eigenvalue weighted by Gasteiger charge is 2.24. The number of fused-ring (bicyclic) bond motifs is 16. The first-order chi connectivity index (χ1) is 58.9. The molecule has 0 aliphatic rings. The molecule has 0 bridgehead atoms. The molecule has 552 valence electrons. The van der Waals surface area contributed by atoms with Crippen molar-refractivity contribution in [3.8, 4) is 136 Å². The lowest BCUT2D eigenvalue weighted by Gasteiger charge is -2.14. The molecule has 10 nitrogen and oxygen atoms in total. The topological polar surface area (TPSA) is 129 Å². The molecule has 0 fully saturated rings. The Morgan fingerprint density at radius 2 is 0.597 bits per heavy atom. The van der Waals surface area contributed by atoms with Gasteiger partial charge in [-0.3, -0.25) is 0 Å². The van der Waals surface area contributed by atoms with Gasteiger partial charge in [-0.15, -0.1) is 22.7 Å². The fourth-order valence-electron chi connectivity index (χ4n) is 17.4. The van der Waals surface area contributed by atoms with E-state index in [2.05, 4.69) is 315 Å². The van der Waals surface area contributed by atoms with Crippen molar-refractivity contribution in [3.05, 3.63) is 370 Å². The van der Waals surface area contributed by atoms with Crippen molar-refractivity contribution >= 4 is 139 Å². The Labute approximate surface area is 689 Å². The molecule has 0 radical (unpaired) electrons. The molecule has 6 heterocycles. The number of thiophene rings is 2. The van der Waals surface area contributed by atoms with E-state index >= 15 is 0 Å². The van der Waals surface area contributed by atoms with E-state index in [1.165, 1.54) is 40.3 Å². The van der Waals surface area contributed by atoms with Crippen molar-refractivity contribution in [1.82, 2.24) is 44.9 Å². The predicted octanol–water partition coefficient (Wildman–Crippen LogP) is 28.6. The van der Waals surface area contributed by atoms with Crippen LogP contribution >= 0.6 is 22.7 Å². The SMILES string of the molecule is c1ccc(-c2ccc(-c3nc(-c4ccccc4)nc(-c4ccc5cc6c(cc5c4)oc4cc(-c5cccc7c(-c8nc(-c9ccc%10cc(-c%11ccc(-c%12nc(-c%13ccccc%13)nc(-c%13cccc%14ccc%15sc%16ccccc%16c%15c%13%14)n%12)cc%11)c%11sc%12ccccc%12c%11c%10c9)nc(-c9cccc%10ccccc9%10)n8)cccc57)ccc46)n3)cc2)cc1. The monoisotopic (exact) mass is 1550 g/mol. The molecule has 0 saturated carbocycles. The molecule has 6 aromatic heterocycles. The van der Waals surface area contributed by atoms with E-state index in [1.54, 1.807) is 0 Å². The van der Waals surface area contributed by atoms with Crippen molar-refractivity contribution < 1.29 is 4.42 Å². The molecule has 0 aliphatic carbocycles. The van der Waals surface area contributed by atoms with Gasteiger partial charge in [-0.25, -0.2) is 44.9 Å². The minimum absolute atomic E-state index is 0.571. The van der Waals surface area contributed by atoms with Gasteiger partial charge in [0.1, 0.15) is 11.2 Å². The summed E-state index contributed by atoms with van der Waals surface area (Å²) >= 11 is 3.64. The van der Waals surface area contributed by atoms with Gasteiger partial charge in [0.05, 0.1) is 0 Å². The number of furan rings is 1. The van der Waals surface area contributed by atoms with Crippen LogP contribution in [0.4, 0.5) is 0 Å². The number of benzene rings is 18. The summed E-state index contributed by atoms with van der Waals surface area (Å²) in [7, 11) is 0. The van der Waals surface area contributed by atoms with Gasteiger partial charge in [0.2, 0.25) is 0 Å². The second-order valence-corrected chi connectivity index (χ2v) is 32.4. The molecule has 0 N–H and O–H groups in total. The fourth-order valence-corrected chi connectivity index (χ4v) is 19.8. The Bertz CT molecular complexity index is 8290. The third kappa shape index (κ3) is 11.7. The summed E-state index contributed by atoms with van der Waals surface area (Å²) < 4.78 is 11.8. The van der Waals surface area contributed by atoms with Crippen LogP contribution < -0.4 is 0 Å². The molecule has 0 saturated heterocycles. The molecule has 18 aromatic carbocycles.